The standard InChI is InChI=1S/C14H23F3N4O2/c15-14(16,17)11-18-12(22)9-19-5-7-20(8-6-19)10-13(23)21-3-1-2-4-21/h1-11H2,(H,18,22). The first-order valence-electron chi connectivity index (χ1n) is 7.89. The van der Waals surface area contributed by atoms with E-state index in [2.05, 4.69) is 0 Å². The van der Waals surface area contributed by atoms with Crippen molar-refractivity contribution < 1.29 is 22.8 Å². The molecule has 0 atom stereocenters. The second-order valence-electron chi connectivity index (χ2n) is 6.03. The van der Waals surface area contributed by atoms with Crippen LogP contribution in [0.3, 0.4) is 0 Å². The van der Waals surface area contributed by atoms with Crippen LogP contribution < -0.4 is 5.32 Å². The van der Waals surface area contributed by atoms with E-state index in [4.69, 9.17) is 0 Å². The van der Waals surface area contributed by atoms with Gasteiger partial charge in [-0.1, -0.05) is 0 Å². The van der Waals surface area contributed by atoms with Gasteiger partial charge in [0.15, 0.2) is 0 Å². The highest BCUT2D eigenvalue weighted by Crippen LogP contribution is 2.12. The summed E-state index contributed by atoms with van der Waals surface area (Å²) in [5.74, 6) is -0.484. The molecule has 0 aromatic heterocycles. The summed E-state index contributed by atoms with van der Waals surface area (Å²) in [6, 6.07) is 0. The number of amides is 2. The minimum atomic E-state index is -4.38. The fourth-order valence-corrected chi connectivity index (χ4v) is 2.82. The van der Waals surface area contributed by atoms with Crippen LogP contribution in [0.4, 0.5) is 13.2 Å². The van der Waals surface area contributed by atoms with Crippen molar-refractivity contribution in [1.29, 1.82) is 0 Å². The first-order chi connectivity index (χ1) is 10.8. The normalized spacial score (nSPS) is 20.7. The zero-order chi connectivity index (χ0) is 16.9. The van der Waals surface area contributed by atoms with Gasteiger partial charge in [-0.05, 0) is 12.8 Å². The Balaban J connectivity index is 1.63. The van der Waals surface area contributed by atoms with Crippen LogP contribution >= 0.6 is 0 Å². The summed E-state index contributed by atoms with van der Waals surface area (Å²) in [5.41, 5.74) is 0. The SMILES string of the molecule is O=C(CN1CCN(CC(=O)N2CCCC2)CC1)NCC(F)(F)F. The van der Waals surface area contributed by atoms with Crippen LogP contribution in [0.25, 0.3) is 0 Å². The maximum absolute atomic E-state index is 12.1. The Morgan fingerprint density at radius 2 is 1.39 bits per heavy atom. The number of likely N-dealkylation sites (tertiary alicyclic amines) is 1. The van der Waals surface area contributed by atoms with Crippen molar-refractivity contribution in [3.63, 3.8) is 0 Å². The van der Waals surface area contributed by atoms with Gasteiger partial charge >= 0.3 is 6.18 Å². The predicted octanol–water partition coefficient (Wildman–Crippen LogP) is -0.0951. The molecular weight excluding hydrogens is 313 g/mol. The van der Waals surface area contributed by atoms with E-state index in [1.54, 1.807) is 0 Å². The Hall–Kier alpha value is -1.35. The molecule has 2 aliphatic rings. The van der Waals surface area contributed by atoms with E-state index in [-0.39, 0.29) is 12.5 Å². The van der Waals surface area contributed by atoms with Gasteiger partial charge in [0.25, 0.3) is 0 Å². The van der Waals surface area contributed by atoms with Crippen LogP contribution in [0, 0.1) is 0 Å². The first kappa shape index (κ1) is 18.0. The van der Waals surface area contributed by atoms with Crippen LogP contribution in [0.5, 0.6) is 0 Å². The van der Waals surface area contributed by atoms with Crippen molar-refractivity contribution in [1.82, 2.24) is 20.0 Å². The predicted molar refractivity (Wildman–Crippen MR) is 77.8 cm³/mol. The fourth-order valence-electron chi connectivity index (χ4n) is 2.82. The summed E-state index contributed by atoms with van der Waals surface area (Å²) in [6.45, 7) is 3.16. The zero-order valence-electron chi connectivity index (χ0n) is 13.1. The van der Waals surface area contributed by atoms with Gasteiger partial charge in [0.1, 0.15) is 6.54 Å². The molecule has 0 radical (unpaired) electrons. The number of nitrogens with one attached hydrogen (secondary N) is 1. The van der Waals surface area contributed by atoms with Crippen molar-refractivity contribution >= 4 is 11.8 Å². The van der Waals surface area contributed by atoms with Crippen LogP contribution in [-0.2, 0) is 9.59 Å². The lowest BCUT2D eigenvalue weighted by Gasteiger charge is -2.34. The lowest BCUT2D eigenvalue weighted by atomic mass is 10.3. The molecule has 132 valence electrons. The number of hydrogen-bond acceptors (Lipinski definition) is 4. The van der Waals surface area contributed by atoms with Crippen LogP contribution in [-0.4, -0.2) is 91.6 Å². The molecular formula is C14H23F3N4O2. The maximum Gasteiger partial charge on any atom is 0.405 e. The van der Waals surface area contributed by atoms with E-state index in [0.717, 1.165) is 25.9 Å². The third kappa shape index (κ3) is 6.34. The van der Waals surface area contributed by atoms with E-state index in [9.17, 15) is 22.8 Å². The summed E-state index contributed by atoms with van der Waals surface area (Å²) < 4.78 is 36.1. The summed E-state index contributed by atoms with van der Waals surface area (Å²) in [6.07, 6.45) is -2.26. The van der Waals surface area contributed by atoms with Crippen LogP contribution in [0.2, 0.25) is 0 Å². The third-order valence-electron chi connectivity index (χ3n) is 4.14. The van der Waals surface area contributed by atoms with Gasteiger partial charge in [0.2, 0.25) is 11.8 Å². The molecule has 0 spiro atoms. The molecule has 6 nitrogen and oxygen atoms in total. The largest absolute Gasteiger partial charge is 0.405 e. The molecule has 2 aliphatic heterocycles. The summed E-state index contributed by atoms with van der Waals surface area (Å²) >= 11 is 0. The van der Waals surface area contributed by atoms with E-state index in [0.29, 0.717) is 32.7 Å². The second-order valence-corrected chi connectivity index (χ2v) is 6.03. The summed E-state index contributed by atoms with van der Waals surface area (Å²) in [5, 5.41) is 1.87. The van der Waals surface area contributed by atoms with Crippen molar-refractivity contribution in [2.24, 2.45) is 0 Å². The summed E-state index contributed by atoms with van der Waals surface area (Å²) in [4.78, 5) is 29.2. The average Bonchev–Trinajstić information content (AvgIpc) is 3.01. The quantitative estimate of drug-likeness (QED) is 0.762. The number of hydrogen-bond donors (Lipinski definition) is 1. The van der Waals surface area contributed by atoms with Crippen molar-refractivity contribution in [2.75, 3.05) is 58.9 Å². The highest BCUT2D eigenvalue weighted by molar-refractivity contribution is 5.79. The third-order valence-corrected chi connectivity index (χ3v) is 4.14. The van der Waals surface area contributed by atoms with Gasteiger partial charge in [-0.3, -0.25) is 19.4 Å². The van der Waals surface area contributed by atoms with Crippen LogP contribution in [0.1, 0.15) is 12.8 Å². The van der Waals surface area contributed by atoms with Gasteiger partial charge in [-0.2, -0.15) is 13.2 Å². The number of halogens is 3. The van der Waals surface area contributed by atoms with Gasteiger partial charge in [0.05, 0.1) is 13.1 Å². The smallest absolute Gasteiger partial charge is 0.346 e. The van der Waals surface area contributed by atoms with Crippen molar-refractivity contribution in [3.8, 4) is 0 Å². The molecule has 2 rings (SSSR count). The molecule has 0 aromatic carbocycles. The average molecular weight is 336 g/mol. The van der Waals surface area contributed by atoms with Gasteiger partial charge < -0.3 is 10.2 Å². The van der Waals surface area contributed by atoms with E-state index in [1.807, 2.05) is 20.0 Å². The van der Waals surface area contributed by atoms with E-state index in [1.165, 1.54) is 0 Å². The Morgan fingerprint density at radius 1 is 0.870 bits per heavy atom. The lowest BCUT2D eigenvalue weighted by Crippen LogP contribution is -2.52. The van der Waals surface area contributed by atoms with Gasteiger partial charge in [-0.15, -0.1) is 0 Å². The maximum atomic E-state index is 12.1. The van der Waals surface area contributed by atoms with Crippen molar-refractivity contribution in [3.05, 3.63) is 0 Å². The molecule has 0 bridgehead atoms. The molecule has 0 saturated carbocycles. The molecule has 0 aliphatic carbocycles. The molecule has 2 amide bonds. The minimum absolute atomic E-state index is 0.0377. The first-order valence-corrected chi connectivity index (χ1v) is 7.89. The molecule has 1 N–H and O–H groups in total. The van der Waals surface area contributed by atoms with Gasteiger partial charge in [0, 0.05) is 39.3 Å². The molecule has 0 unspecified atom stereocenters. The second kappa shape index (κ2) is 7.96. The fraction of sp³-hybridized carbons (Fsp3) is 0.857. The van der Waals surface area contributed by atoms with E-state index >= 15 is 0 Å². The van der Waals surface area contributed by atoms with E-state index < -0.39 is 18.6 Å². The number of rotatable bonds is 5. The monoisotopic (exact) mass is 336 g/mol. The number of carbonyl (C=O) groups excluding carboxylic acids is 2. The molecule has 2 fully saturated rings. The number of piperazine rings is 1. The topological polar surface area (TPSA) is 55.9 Å². The zero-order valence-corrected chi connectivity index (χ0v) is 13.1. The Morgan fingerprint density at radius 3 is 1.91 bits per heavy atom. The number of nitrogens with zero attached hydrogens (tertiary/aromatic N) is 3. The molecule has 23 heavy (non-hydrogen) atoms. The highest BCUT2D eigenvalue weighted by atomic mass is 19.4. The Labute approximate surface area is 133 Å². The molecule has 0 aromatic rings. The summed E-state index contributed by atoms with van der Waals surface area (Å²) in [7, 11) is 0. The minimum Gasteiger partial charge on any atom is -0.346 e. The molecule has 2 saturated heterocycles. The lowest BCUT2D eigenvalue weighted by molar-refractivity contribution is -0.139. The molecule has 2 heterocycles. The highest BCUT2D eigenvalue weighted by Gasteiger charge is 2.28. The van der Waals surface area contributed by atoms with Gasteiger partial charge in [-0.25, -0.2) is 0 Å². The Kier molecular flexibility index (Phi) is 6.23. The van der Waals surface area contributed by atoms with Crippen molar-refractivity contribution in [2.45, 2.75) is 19.0 Å². The van der Waals surface area contributed by atoms with Crippen LogP contribution in [0.15, 0.2) is 0 Å². The molecule has 9 heteroatoms. The Bertz CT molecular complexity index is 417. The number of alkyl halides is 3. The number of carbonyl (C=O) groups is 2.